The molecular weight excluding hydrogens is 420 g/mol. The predicted molar refractivity (Wildman–Crippen MR) is 120 cm³/mol. The van der Waals surface area contributed by atoms with E-state index in [-0.39, 0.29) is 16.9 Å². The van der Waals surface area contributed by atoms with E-state index in [1.807, 2.05) is 42.5 Å². The summed E-state index contributed by atoms with van der Waals surface area (Å²) in [6.07, 6.45) is 1.35. The van der Waals surface area contributed by atoms with E-state index in [9.17, 15) is 14.9 Å². The van der Waals surface area contributed by atoms with Crippen molar-refractivity contribution < 1.29 is 19.1 Å². The average molecular weight is 438 g/mol. The Hall–Kier alpha value is -4.90. The lowest BCUT2D eigenvalue weighted by molar-refractivity contribution is -0.119. The second-order valence-corrected chi connectivity index (χ2v) is 6.83. The number of carbonyl (C=O) groups is 2. The average Bonchev–Trinajstić information content (AvgIpc) is 3.26. The van der Waals surface area contributed by atoms with Gasteiger partial charge in [-0.25, -0.2) is 9.48 Å². The van der Waals surface area contributed by atoms with E-state index in [2.05, 4.69) is 10.4 Å². The van der Waals surface area contributed by atoms with Crippen LogP contribution < -0.4 is 10.1 Å². The number of rotatable bonds is 7. The van der Waals surface area contributed by atoms with Crippen molar-refractivity contribution in [2.24, 2.45) is 0 Å². The molecule has 0 aliphatic rings. The Morgan fingerprint density at radius 3 is 2.36 bits per heavy atom. The van der Waals surface area contributed by atoms with Crippen LogP contribution in [0.1, 0.15) is 15.9 Å². The van der Waals surface area contributed by atoms with Crippen LogP contribution in [-0.2, 0) is 9.53 Å². The standard InChI is InChI=1S/C25H18N4O4/c26-15-19-16-27-29(20-9-3-1-4-10-20)24(19)28-23(30)17-32-25(31)18-8-7-13-22(14-18)33-21-11-5-2-6-12-21/h1-14,16H,17H2,(H,28,30). The van der Waals surface area contributed by atoms with E-state index < -0.39 is 18.5 Å². The van der Waals surface area contributed by atoms with Gasteiger partial charge in [0.25, 0.3) is 5.91 Å². The molecule has 0 saturated carbocycles. The molecule has 1 aromatic heterocycles. The third kappa shape index (κ3) is 5.24. The van der Waals surface area contributed by atoms with E-state index in [0.29, 0.717) is 17.2 Å². The summed E-state index contributed by atoms with van der Waals surface area (Å²) in [5.74, 6) is 0.00853. The van der Waals surface area contributed by atoms with Crippen molar-refractivity contribution in [3.05, 3.63) is 102 Å². The Labute approximate surface area is 189 Å². The third-order valence-corrected chi connectivity index (χ3v) is 4.53. The van der Waals surface area contributed by atoms with Crippen molar-refractivity contribution in [3.63, 3.8) is 0 Å². The quantitative estimate of drug-likeness (QED) is 0.431. The van der Waals surface area contributed by atoms with Crippen LogP contribution in [0.3, 0.4) is 0 Å². The number of nitriles is 1. The maximum absolute atomic E-state index is 12.4. The molecule has 3 aromatic carbocycles. The zero-order valence-electron chi connectivity index (χ0n) is 17.3. The summed E-state index contributed by atoms with van der Waals surface area (Å²) in [5.41, 5.74) is 1.09. The first kappa shape index (κ1) is 21.3. The third-order valence-electron chi connectivity index (χ3n) is 4.53. The lowest BCUT2D eigenvalue weighted by Gasteiger charge is -2.10. The summed E-state index contributed by atoms with van der Waals surface area (Å²) < 4.78 is 12.3. The Morgan fingerprint density at radius 1 is 0.939 bits per heavy atom. The van der Waals surface area contributed by atoms with Crippen LogP contribution in [-0.4, -0.2) is 28.3 Å². The minimum atomic E-state index is -0.680. The van der Waals surface area contributed by atoms with E-state index >= 15 is 0 Å². The van der Waals surface area contributed by atoms with Gasteiger partial charge in [-0.3, -0.25) is 4.79 Å². The molecule has 4 aromatic rings. The first-order valence-corrected chi connectivity index (χ1v) is 9.97. The molecule has 33 heavy (non-hydrogen) atoms. The lowest BCUT2D eigenvalue weighted by Crippen LogP contribution is -2.23. The zero-order chi connectivity index (χ0) is 23.0. The summed E-state index contributed by atoms with van der Waals surface area (Å²) in [6.45, 7) is -0.534. The van der Waals surface area contributed by atoms with Gasteiger partial charge in [0.15, 0.2) is 12.4 Å². The summed E-state index contributed by atoms with van der Waals surface area (Å²) in [6, 6.07) is 26.6. The number of hydrogen-bond donors (Lipinski definition) is 1. The van der Waals surface area contributed by atoms with Crippen LogP contribution in [0.2, 0.25) is 0 Å². The summed E-state index contributed by atoms with van der Waals surface area (Å²) >= 11 is 0. The number of ether oxygens (including phenoxy) is 2. The monoisotopic (exact) mass is 438 g/mol. The molecule has 0 fully saturated rings. The number of hydrogen-bond acceptors (Lipinski definition) is 6. The molecule has 0 spiro atoms. The van der Waals surface area contributed by atoms with Crippen LogP contribution in [0.5, 0.6) is 11.5 Å². The molecule has 162 valence electrons. The summed E-state index contributed by atoms with van der Waals surface area (Å²) in [5, 5.41) is 16.1. The number of anilines is 1. The number of nitrogens with zero attached hydrogens (tertiary/aromatic N) is 3. The van der Waals surface area contributed by atoms with E-state index in [4.69, 9.17) is 9.47 Å². The highest BCUT2D eigenvalue weighted by Crippen LogP contribution is 2.22. The molecule has 8 nitrogen and oxygen atoms in total. The molecule has 0 atom stereocenters. The van der Waals surface area contributed by atoms with Crippen molar-refractivity contribution in [2.75, 3.05) is 11.9 Å². The number of aromatic nitrogens is 2. The first-order valence-electron chi connectivity index (χ1n) is 9.97. The molecule has 0 radical (unpaired) electrons. The van der Waals surface area contributed by atoms with Crippen LogP contribution in [0.25, 0.3) is 5.69 Å². The van der Waals surface area contributed by atoms with Gasteiger partial charge in [0.2, 0.25) is 0 Å². The predicted octanol–water partition coefficient (Wildman–Crippen LogP) is 4.33. The molecule has 0 bridgehead atoms. The summed E-state index contributed by atoms with van der Waals surface area (Å²) in [4.78, 5) is 24.9. The van der Waals surface area contributed by atoms with Gasteiger partial charge in [-0.15, -0.1) is 0 Å². The Balaban J connectivity index is 1.40. The molecule has 1 amide bonds. The molecule has 1 N–H and O–H groups in total. The van der Waals surface area contributed by atoms with Crippen molar-refractivity contribution in [3.8, 4) is 23.3 Å². The van der Waals surface area contributed by atoms with Crippen molar-refractivity contribution in [1.82, 2.24) is 9.78 Å². The largest absolute Gasteiger partial charge is 0.457 e. The Morgan fingerprint density at radius 2 is 1.64 bits per heavy atom. The number of carbonyl (C=O) groups excluding carboxylic acids is 2. The van der Waals surface area contributed by atoms with Gasteiger partial charge in [0.1, 0.15) is 23.1 Å². The smallest absolute Gasteiger partial charge is 0.338 e. The maximum Gasteiger partial charge on any atom is 0.338 e. The van der Waals surface area contributed by atoms with Gasteiger partial charge in [0, 0.05) is 0 Å². The second-order valence-electron chi connectivity index (χ2n) is 6.83. The van der Waals surface area contributed by atoms with E-state index in [1.54, 1.807) is 42.5 Å². The van der Waals surface area contributed by atoms with Crippen molar-refractivity contribution in [2.45, 2.75) is 0 Å². The normalized spacial score (nSPS) is 10.2. The van der Waals surface area contributed by atoms with Crippen LogP contribution >= 0.6 is 0 Å². The van der Waals surface area contributed by atoms with Gasteiger partial charge >= 0.3 is 5.97 Å². The minimum absolute atomic E-state index is 0.185. The molecule has 0 saturated heterocycles. The van der Waals surface area contributed by atoms with Gasteiger partial charge < -0.3 is 14.8 Å². The highest BCUT2D eigenvalue weighted by molar-refractivity contribution is 5.96. The van der Waals surface area contributed by atoms with Crippen molar-refractivity contribution in [1.29, 1.82) is 5.26 Å². The summed E-state index contributed by atoms with van der Waals surface area (Å²) in [7, 11) is 0. The lowest BCUT2D eigenvalue weighted by atomic mass is 10.2. The van der Waals surface area contributed by atoms with Gasteiger partial charge in [-0.05, 0) is 42.5 Å². The number of benzene rings is 3. The molecule has 0 unspecified atom stereocenters. The van der Waals surface area contributed by atoms with Crippen LogP contribution in [0, 0.1) is 11.3 Å². The fraction of sp³-hybridized carbons (Fsp3) is 0.0400. The molecule has 0 aliphatic carbocycles. The molecule has 4 rings (SSSR count). The number of nitrogens with one attached hydrogen (secondary N) is 1. The van der Waals surface area contributed by atoms with Crippen molar-refractivity contribution >= 4 is 17.7 Å². The zero-order valence-corrected chi connectivity index (χ0v) is 17.3. The van der Waals surface area contributed by atoms with Gasteiger partial charge in [0.05, 0.1) is 17.4 Å². The minimum Gasteiger partial charge on any atom is -0.457 e. The Kier molecular flexibility index (Phi) is 6.43. The topological polar surface area (TPSA) is 106 Å². The van der Waals surface area contributed by atoms with Crippen LogP contribution in [0.4, 0.5) is 5.82 Å². The fourth-order valence-electron chi connectivity index (χ4n) is 3.01. The van der Waals surface area contributed by atoms with Crippen LogP contribution in [0.15, 0.2) is 91.1 Å². The van der Waals surface area contributed by atoms with Gasteiger partial charge in [-0.2, -0.15) is 10.4 Å². The maximum atomic E-state index is 12.4. The second kappa shape index (κ2) is 9.94. The van der Waals surface area contributed by atoms with E-state index in [0.717, 1.165) is 0 Å². The molecular formula is C25H18N4O4. The number of amides is 1. The van der Waals surface area contributed by atoms with Gasteiger partial charge in [-0.1, -0.05) is 42.5 Å². The number of esters is 1. The molecule has 1 heterocycles. The molecule has 0 aliphatic heterocycles. The van der Waals surface area contributed by atoms with E-state index in [1.165, 1.54) is 16.9 Å². The fourth-order valence-corrected chi connectivity index (χ4v) is 3.01. The Bertz CT molecular complexity index is 1310. The first-order chi connectivity index (χ1) is 16.1. The SMILES string of the molecule is N#Cc1cnn(-c2ccccc2)c1NC(=O)COC(=O)c1cccc(Oc2ccccc2)c1. The highest BCUT2D eigenvalue weighted by atomic mass is 16.5. The number of para-hydroxylation sites is 2. The highest BCUT2D eigenvalue weighted by Gasteiger charge is 2.17. The molecule has 8 heteroatoms.